The van der Waals surface area contributed by atoms with Crippen LogP contribution in [0.1, 0.15) is 49.6 Å². The van der Waals surface area contributed by atoms with Gasteiger partial charge in [0.1, 0.15) is 0 Å². The van der Waals surface area contributed by atoms with Crippen LogP contribution in [0.3, 0.4) is 0 Å². The van der Waals surface area contributed by atoms with Gasteiger partial charge >= 0.3 is 0 Å². The van der Waals surface area contributed by atoms with E-state index in [2.05, 4.69) is 11.1 Å². The minimum atomic E-state index is 0.119. The molecule has 0 fully saturated rings. The number of ketones is 1. The number of Topliss-reactive ketones (excluding diaryl/α,β-unsaturated/α-hetero) is 1. The highest BCUT2D eigenvalue weighted by Crippen LogP contribution is 2.20. The van der Waals surface area contributed by atoms with Gasteiger partial charge in [-0.15, -0.1) is 0 Å². The van der Waals surface area contributed by atoms with E-state index < -0.39 is 0 Å². The lowest BCUT2D eigenvalue weighted by molar-refractivity contribution is 0.101. The first-order valence-electron chi connectivity index (χ1n) is 6.07. The molecule has 1 aliphatic rings. The van der Waals surface area contributed by atoms with E-state index in [-0.39, 0.29) is 5.78 Å². The molecule has 0 spiro atoms. The molecule has 3 heteroatoms. The van der Waals surface area contributed by atoms with Crippen molar-refractivity contribution in [3.63, 3.8) is 0 Å². The first kappa shape index (κ1) is 11.1. The van der Waals surface area contributed by atoms with Crippen molar-refractivity contribution in [3.05, 3.63) is 29.9 Å². The van der Waals surface area contributed by atoms with Crippen molar-refractivity contribution in [3.8, 4) is 0 Å². The highest BCUT2D eigenvalue weighted by atomic mass is 16.1. The van der Waals surface area contributed by atoms with E-state index in [0.717, 1.165) is 31.4 Å². The van der Waals surface area contributed by atoms with E-state index in [1.165, 1.54) is 12.8 Å². The number of carbonyl (C=O) groups is 1. The smallest absolute Gasteiger partial charge is 0.224 e. The molecule has 0 unspecified atom stereocenters. The maximum absolute atomic E-state index is 12.2. The molecule has 16 heavy (non-hydrogen) atoms. The van der Waals surface area contributed by atoms with E-state index in [4.69, 9.17) is 0 Å². The number of hydrogen-bond donors (Lipinski definition) is 0. The summed E-state index contributed by atoms with van der Waals surface area (Å²) < 4.78 is 1.91. The Bertz CT molecular complexity index is 404. The minimum Gasteiger partial charge on any atom is -0.329 e. The first-order valence-corrected chi connectivity index (χ1v) is 6.07. The number of aryl methyl sites for hydroxylation is 1. The van der Waals surface area contributed by atoms with Crippen LogP contribution in [0.4, 0.5) is 0 Å². The summed E-state index contributed by atoms with van der Waals surface area (Å²) in [6, 6.07) is 0. The number of aromatic nitrogens is 2. The van der Waals surface area contributed by atoms with Crippen molar-refractivity contribution < 1.29 is 4.79 Å². The Morgan fingerprint density at radius 1 is 1.44 bits per heavy atom. The summed E-state index contributed by atoms with van der Waals surface area (Å²) in [7, 11) is 0. The zero-order valence-electron chi connectivity index (χ0n) is 9.78. The van der Waals surface area contributed by atoms with Gasteiger partial charge in [0.2, 0.25) is 5.78 Å². The van der Waals surface area contributed by atoms with Crippen LogP contribution in [0.15, 0.2) is 24.0 Å². The molecule has 2 rings (SSSR count). The van der Waals surface area contributed by atoms with E-state index in [9.17, 15) is 4.79 Å². The summed E-state index contributed by atoms with van der Waals surface area (Å²) in [4.78, 5) is 16.4. The number of allylic oxidation sites excluding steroid dienone is 2. The summed E-state index contributed by atoms with van der Waals surface area (Å²) in [5, 5.41) is 0. The summed E-state index contributed by atoms with van der Waals surface area (Å²) in [5.41, 5.74) is 0.957. The molecule has 0 N–H and O–H groups in total. The molecule has 0 bridgehead atoms. The van der Waals surface area contributed by atoms with Crippen molar-refractivity contribution in [1.82, 2.24) is 9.55 Å². The fourth-order valence-corrected chi connectivity index (χ4v) is 2.14. The maximum Gasteiger partial charge on any atom is 0.224 e. The maximum atomic E-state index is 12.2. The monoisotopic (exact) mass is 218 g/mol. The van der Waals surface area contributed by atoms with Gasteiger partial charge < -0.3 is 4.57 Å². The third-order valence-corrected chi connectivity index (χ3v) is 3.09. The van der Waals surface area contributed by atoms with Crippen molar-refractivity contribution in [2.24, 2.45) is 0 Å². The van der Waals surface area contributed by atoms with Crippen LogP contribution in [-0.2, 0) is 6.54 Å². The van der Waals surface area contributed by atoms with Crippen molar-refractivity contribution >= 4 is 5.78 Å². The van der Waals surface area contributed by atoms with Gasteiger partial charge in [0.05, 0.1) is 0 Å². The van der Waals surface area contributed by atoms with E-state index in [1.54, 1.807) is 6.20 Å². The van der Waals surface area contributed by atoms with Crippen molar-refractivity contribution in [2.75, 3.05) is 0 Å². The first-order chi connectivity index (χ1) is 7.83. The summed E-state index contributed by atoms with van der Waals surface area (Å²) in [6.07, 6.45) is 11.2. The van der Waals surface area contributed by atoms with Crippen LogP contribution < -0.4 is 0 Å². The molecule has 1 aromatic rings. The average Bonchev–Trinajstić information content (AvgIpc) is 2.61. The molecule has 3 nitrogen and oxygen atoms in total. The van der Waals surface area contributed by atoms with Crippen LogP contribution in [-0.4, -0.2) is 15.3 Å². The molecule has 0 saturated carbocycles. The van der Waals surface area contributed by atoms with E-state index in [1.807, 2.05) is 17.7 Å². The van der Waals surface area contributed by atoms with Gasteiger partial charge in [0.15, 0.2) is 5.82 Å². The van der Waals surface area contributed by atoms with E-state index >= 15 is 0 Å². The Hall–Kier alpha value is -1.38. The van der Waals surface area contributed by atoms with Crippen LogP contribution >= 0.6 is 0 Å². The number of carbonyl (C=O) groups excluding carboxylic acids is 1. The fraction of sp³-hybridized carbons (Fsp3) is 0.538. The molecule has 86 valence electrons. The van der Waals surface area contributed by atoms with Gasteiger partial charge in [0, 0.05) is 18.9 Å². The fourth-order valence-electron chi connectivity index (χ4n) is 2.14. The summed E-state index contributed by atoms with van der Waals surface area (Å²) in [5.74, 6) is 0.712. The molecule has 1 heterocycles. The quantitative estimate of drug-likeness (QED) is 0.731. The van der Waals surface area contributed by atoms with Gasteiger partial charge in [0.25, 0.3) is 0 Å². The lowest BCUT2D eigenvalue weighted by Gasteiger charge is -2.06. The highest BCUT2D eigenvalue weighted by Gasteiger charge is 2.17. The van der Waals surface area contributed by atoms with Crippen LogP contribution in [0, 0.1) is 0 Å². The Morgan fingerprint density at radius 2 is 2.31 bits per heavy atom. The standard InChI is InChI=1S/C13H18N2O/c1-2-15-10-9-14-13(15)12(16)11-7-5-3-4-6-8-11/h7,9-10H,2-6,8H2,1H3. The second-order valence-corrected chi connectivity index (χ2v) is 4.19. The largest absolute Gasteiger partial charge is 0.329 e. The molecular formula is C13H18N2O. The third-order valence-electron chi connectivity index (χ3n) is 3.09. The number of rotatable bonds is 3. The van der Waals surface area contributed by atoms with Crippen molar-refractivity contribution in [1.29, 1.82) is 0 Å². The molecule has 0 saturated heterocycles. The van der Waals surface area contributed by atoms with Gasteiger partial charge in [-0.3, -0.25) is 4.79 Å². The van der Waals surface area contributed by atoms with Crippen molar-refractivity contribution in [2.45, 2.75) is 45.6 Å². The molecule has 0 amide bonds. The number of hydrogen-bond acceptors (Lipinski definition) is 2. The van der Waals surface area contributed by atoms with Crippen LogP contribution in [0.5, 0.6) is 0 Å². The topological polar surface area (TPSA) is 34.9 Å². The average molecular weight is 218 g/mol. The van der Waals surface area contributed by atoms with Gasteiger partial charge in [-0.1, -0.05) is 12.5 Å². The normalized spacial score (nSPS) is 16.7. The number of nitrogens with zero attached hydrogens (tertiary/aromatic N) is 2. The number of imidazole rings is 1. The second kappa shape index (κ2) is 5.10. The molecular weight excluding hydrogens is 200 g/mol. The van der Waals surface area contributed by atoms with Gasteiger partial charge in [-0.2, -0.15) is 0 Å². The Morgan fingerprint density at radius 3 is 3.12 bits per heavy atom. The highest BCUT2D eigenvalue weighted by molar-refractivity contribution is 6.06. The second-order valence-electron chi connectivity index (χ2n) is 4.19. The Kier molecular flexibility index (Phi) is 3.54. The molecule has 0 aliphatic heterocycles. The molecule has 0 radical (unpaired) electrons. The summed E-state index contributed by atoms with van der Waals surface area (Å²) >= 11 is 0. The van der Waals surface area contributed by atoms with Crippen LogP contribution in [0.2, 0.25) is 0 Å². The predicted molar refractivity (Wildman–Crippen MR) is 63.4 cm³/mol. The Balaban J connectivity index is 2.21. The molecule has 1 aliphatic carbocycles. The summed E-state index contributed by atoms with van der Waals surface area (Å²) in [6.45, 7) is 2.83. The third kappa shape index (κ3) is 2.23. The minimum absolute atomic E-state index is 0.119. The van der Waals surface area contributed by atoms with Gasteiger partial charge in [-0.05, 0) is 38.2 Å². The van der Waals surface area contributed by atoms with Crippen LogP contribution in [0.25, 0.3) is 0 Å². The lowest BCUT2D eigenvalue weighted by atomic mass is 10.1. The van der Waals surface area contributed by atoms with E-state index in [0.29, 0.717) is 5.82 Å². The Labute approximate surface area is 96.2 Å². The molecule has 1 aromatic heterocycles. The van der Waals surface area contributed by atoms with Gasteiger partial charge in [-0.25, -0.2) is 4.98 Å². The zero-order valence-corrected chi connectivity index (χ0v) is 9.78. The lowest BCUT2D eigenvalue weighted by Crippen LogP contribution is -2.11. The molecule has 0 aromatic carbocycles. The predicted octanol–water partition coefficient (Wildman–Crippen LogP) is 2.98. The SMILES string of the molecule is CCn1ccnc1C(=O)C1=CCCCCC1. The zero-order chi connectivity index (χ0) is 11.4. The molecule has 0 atom stereocenters.